The number of pyridine rings is 1. The predicted molar refractivity (Wildman–Crippen MR) is 125 cm³/mol. The fraction of sp³-hybridized carbons (Fsp3) is 0.273. The Morgan fingerprint density at radius 1 is 1.39 bits per heavy atom. The summed E-state index contributed by atoms with van der Waals surface area (Å²) < 4.78 is 15.7. The number of aliphatic hydroxyl groups is 1. The van der Waals surface area contributed by atoms with Crippen molar-refractivity contribution in [2.24, 2.45) is 0 Å². The van der Waals surface area contributed by atoms with E-state index in [4.69, 9.17) is 10.7 Å². The highest BCUT2D eigenvalue weighted by Crippen LogP contribution is 2.33. The molecule has 1 fully saturated rings. The first-order valence-corrected chi connectivity index (χ1v) is 11.2. The number of anilines is 1. The van der Waals surface area contributed by atoms with Crippen LogP contribution in [0.2, 0.25) is 0 Å². The molecule has 1 aliphatic heterocycles. The van der Waals surface area contributed by atoms with Gasteiger partial charge >= 0.3 is 0 Å². The molecule has 0 bridgehead atoms. The number of nitrogen functional groups attached to an aromatic ring is 1. The fourth-order valence-electron chi connectivity index (χ4n) is 4.05. The third kappa shape index (κ3) is 3.92. The monoisotopic (exact) mass is 513 g/mol. The van der Waals surface area contributed by atoms with Gasteiger partial charge in [0.25, 0.3) is 0 Å². The van der Waals surface area contributed by atoms with Crippen molar-refractivity contribution in [1.29, 1.82) is 0 Å². The van der Waals surface area contributed by atoms with Crippen LogP contribution < -0.4 is 16.4 Å². The van der Waals surface area contributed by atoms with Crippen LogP contribution in [0.5, 0.6) is 0 Å². The van der Waals surface area contributed by atoms with Crippen molar-refractivity contribution in [3.63, 3.8) is 0 Å². The van der Waals surface area contributed by atoms with Crippen molar-refractivity contribution in [3.8, 4) is 11.1 Å². The molecule has 1 aliphatic rings. The zero-order valence-electron chi connectivity index (χ0n) is 17.6. The fourth-order valence-corrected chi connectivity index (χ4v) is 4.65. The molecule has 1 aromatic carbocycles. The first-order chi connectivity index (χ1) is 15.8. The van der Waals surface area contributed by atoms with Crippen molar-refractivity contribution >= 4 is 44.2 Å². The predicted octanol–water partition coefficient (Wildman–Crippen LogP) is 2.33. The van der Waals surface area contributed by atoms with Gasteiger partial charge in [0.15, 0.2) is 5.65 Å². The second-order valence-electron chi connectivity index (χ2n) is 8.13. The van der Waals surface area contributed by atoms with Gasteiger partial charge in [0.05, 0.1) is 40.1 Å². The standard InChI is InChI=1S/C22H21BrFN7O2/c1-10(29-22(33)17-6-14(32)8-27-17)19-18(23)20(25)31-21(30-19)15(9-28-31)12-4-11-5-13(24)2-3-16(11)26-7-12/h2-5,7,9-10,14,17,27,32H,6,8,25H2,1H3,(H,29,33)/t10?,14-,17-/m1/s1. The number of nitrogens with zero attached hydrogens (tertiary/aromatic N) is 4. The van der Waals surface area contributed by atoms with Gasteiger partial charge in [0.2, 0.25) is 5.91 Å². The van der Waals surface area contributed by atoms with Crippen molar-refractivity contribution < 1.29 is 14.3 Å². The van der Waals surface area contributed by atoms with Crippen molar-refractivity contribution in [1.82, 2.24) is 30.2 Å². The minimum Gasteiger partial charge on any atom is -0.392 e. The largest absolute Gasteiger partial charge is 0.392 e. The van der Waals surface area contributed by atoms with Crippen LogP contribution in [0, 0.1) is 5.82 Å². The molecule has 1 amide bonds. The molecular weight excluding hydrogens is 493 g/mol. The molecule has 1 saturated heterocycles. The van der Waals surface area contributed by atoms with E-state index in [9.17, 15) is 14.3 Å². The zero-order chi connectivity index (χ0) is 23.3. The van der Waals surface area contributed by atoms with Gasteiger partial charge in [-0.1, -0.05) is 0 Å². The number of rotatable bonds is 4. The lowest BCUT2D eigenvalue weighted by molar-refractivity contribution is -0.123. The summed E-state index contributed by atoms with van der Waals surface area (Å²) in [5, 5.41) is 20.6. The average Bonchev–Trinajstić information content (AvgIpc) is 3.42. The van der Waals surface area contributed by atoms with Crippen LogP contribution in [-0.4, -0.2) is 49.3 Å². The van der Waals surface area contributed by atoms with E-state index in [1.807, 2.05) is 13.0 Å². The van der Waals surface area contributed by atoms with Gasteiger partial charge in [-0.05, 0) is 53.5 Å². The van der Waals surface area contributed by atoms with Gasteiger partial charge in [-0.25, -0.2) is 9.37 Å². The van der Waals surface area contributed by atoms with E-state index in [0.717, 1.165) is 0 Å². The van der Waals surface area contributed by atoms with E-state index < -0.39 is 18.2 Å². The van der Waals surface area contributed by atoms with Crippen LogP contribution in [0.3, 0.4) is 0 Å². The topological polar surface area (TPSA) is 130 Å². The lowest BCUT2D eigenvalue weighted by Crippen LogP contribution is -2.41. The number of hydrogen-bond acceptors (Lipinski definition) is 7. The molecule has 3 aromatic heterocycles. The van der Waals surface area contributed by atoms with Crippen molar-refractivity contribution in [2.45, 2.75) is 31.5 Å². The number of nitrogens with one attached hydrogen (secondary N) is 2. The number of fused-ring (bicyclic) bond motifs is 2. The van der Waals surface area contributed by atoms with E-state index in [1.54, 1.807) is 18.5 Å². The normalized spacial score (nSPS) is 19.3. The van der Waals surface area contributed by atoms with Gasteiger partial charge in [0.1, 0.15) is 11.6 Å². The number of amides is 1. The Hall–Kier alpha value is -3.15. The quantitative estimate of drug-likeness (QED) is 0.329. The summed E-state index contributed by atoms with van der Waals surface area (Å²) in [5.74, 6) is -0.235. The van der Waals surface area contributed by atoms with E-state index in [2.05, 4.69) is 36.6 Å². The van der Waals surface area contributed by atoms with Crippen LogP contribution in [0.1, 0.15) is 25.1 Å². The smallest absolute Gasteiger partial charge is 0.237 e. The summed E-state index contributed by atoms with van der Waals surface area (Å²) in [6, 6.07) is 5.31. The Morgan fingerprint density at radius 2 is 2.21 bits per heavy atom. The minimum absolute atomic E-state index is 0.222. The summed E-state index contributed by atoms with van der Waals surface area (Å²) in [6.07, 6.45) is 3.13. The molecule has 33 heavy (non-hydrogen) atoms. The molecule has 0 radical (unpaired) electrons. The maximum Gasteiger partial charge on any atom is 0.237 e. The second-order valence-corrected chi connectivity index (χ2v) is 8.92. The summed E-state index contributed by atoms with van der Waals surface area (Å²) in [4.78, 5) is 21.8. The molecule has 1 unspecified atom stereocenters. The number of hydrogen-bond donors (Lipinski definition) is 4. The van der Waals surface area contributed by atoms with Crippen LogP contribution in [0.4, 0.5) is 10.2 Å². The van der Waals surface area contributed by atoms with E-state index >= 15 is 0 Å². The van der Waals surface area contributed by atoms with E-state index in [0.29, 0.717) is 56.6 Å². The van der Waals surface area contributed by atoms with Crippen LogP contribution in [0.15, 0.2) is 41.1 Å². The Morgan fingerprint density at radius 3 is 2.97 bits per heavy atom. The first kappa shape index (κ1) is 21.7. The maximum atomic E-state index is 13.7. The van der Waals surface area contributed by atoms with Gasteiger partial charge in [-0.15, -0.1) is 0 Å². The Balaban J connectivity index is 1.53. The van der Waals surface area contributed by atoms with Gasteiger partial charge in [-0.3, -0.25) is 9.78 Å². The van der Waals surface area contributed by atoms with Gasteiger partial charge in [0, 0.05) is 29.3 Å². The highest BCUT2D eigenvalue weighted by molar-refractivity contribution is 9.10. The summed E-state index contributed by atoms with van der Waals surface area (Å²) in [6.45, 7) is 2.19. The molecule has 0 spiro atoms. The number of aromatic nitrogens is 4. The number of carbonyl (C=O) groups excluding carboxylic acids is 1. The average molecular weight is 514 g/mol. The Bertz CT molecular complexity index is 1390. The summed E-state index contributed by atoms with van der Waals surface area (Å²) >= 11 is 3.48. The van der Waals surface area contributed by atoms with Crippen molar-refractivity contribution in [3.05, 3.63) is 52.6 Å². The molecule has 9 nitrogen and oxygen atoms in total. The molecule has 5 N–H and O–H groups in total. The van der Waals surface area contributed by atoms with Crippen LogP contribution >= 0.6 is 15.9 Å². The highest BCUT2D eigenvalue weighted by Gasteiger charge is 2.30. The van der Waals surface area contributed by atoms with Crippen LogP contribution in [-0.2, 0) is 4.79 Å². The van der Waals surface area contributed by atoms with Crippen LogP contribution in [0.25, 0.3) is 27.7 Å². The Kier molecular flexibility index (Phi) is 5.47. The van der Waals surface area contributed by atoms with Gasteiger partial charge in [-0.2, -0.15) is 9.61 Å². The second kappa shape index (κ2) is 8.32. The summed E-state index contributed by atoms with van der Waals surface area (Å²) in [7, 11) is 0. The molecule has 0 saturated carbocycles. The SMILES string of the molecule is CC(NC(=O)[C@H]1C[C@@H](O)CN1)c1nc2c(-c3cnc4ccc(F)cc4c3)cnn2c(N)c1Br. The number of halogens is 2. The number of nitrogens with two attached hydrogens (primary N) is 1. The van der Waals surface area contributed by atoms with Crippen molar-refractivity contribution in [2.75, 3.05) is 12.3 Å². The van der Waals surface area contributed by atoms with E-state index in [1.165, 1.54) is 16.6 Å². The highest BCUT2D eigenvalue weighted by atomic mass is 79.9. The lowest BCUT2D eigenvalue weighted by Gasteiger charge is -2.19. The number of β-amino-alcohol motifs (C(OH)–C–C–N with tert-alkyl or cyclic N) is 1. The molecule has 4 aromatic rings. The zero-order valence-corrected chi connectivity index (χ0v) is 19.2. The number of benzene rings is 1. The first-order valence-electron chi connectivity index (χ1n) is 10.4. The third-order valence-electron chi connectivity index (χ3n) is 5.80. The molecule has 11 heteroatoms. The molecule has 0 aliphatic carbocycles. The molecular formula is C22H21BrFN7O2. The molecule has 170 valence electrons. The minimum atomic E-state index is -0.536. The Labute approximate surface area is 196 Å². The number of aliphatic hydroxyl groups excluding tert-OH is 1. The third-order valence-corrected chi connectivity index (χ3v) is 6.61. The number of carbonyl (C=O) groups is 1. The lowest BCUT2D eigenvalue weighted by atomic mass is 10.1. The molecule has 4 heterocycles. The maximum absolute atomic E-state index is 13.7. The summed E-state index contributed by atoms with van der Waals surface area (Å²) in [5.41, 5.74) is 9.40. The molecule has 5 rings (SSSR count). The molecule has 3 atom stereocenters. The van der Waals surface area contributed by atoms with Gasteiger partial charge < -0.3 is 21.5 Å². The van der Waals surface area contributed by atoms with E-state index in [-0.39, 0.29) is 11.7 Å².